The Morgan fingerprint density at radius 1 is 1.17 bits per heavy atom. The summed E-state index contributed by atoms with van der Waals surface area (Å²) in [5.74, 6) is -10.5. The van der Waals surface area contributed by atoms with Gasteiger partial charge in [0.2, 0.25) is 0 Å². The summed E-state index contributed by atoms with van der Waals surface area (Å²) in [4.78, 5) is 11.2. The summed E-state index contributed by atoms with van der Waals surface area (Å²) < 4.78 is 84.5. The molecule has 0 fully saturated rings. The fourth-order valence-corrected chi connectivity index (χ4v) is 2.66. The van der Waals surface area contributed by atoms with Crippen LogP contribution >= 0.6 is 0 Å². The van der Waals surface area contributed by atoms with Gasteiger partial charge in [-0.2, -0.15) is 22.0 Å². The van der Waals surface area contributed by atoms with Crippen LogP contribution in [-0.4, -0.2) is 36.2 Å². The quantitative estimate of drug-likeness (QED) is 0.623. The lowest BCUT2D eigenvalue weighted by molar-refractivity contribution is -0.336. The van der Waals surface area contributed by atoms with Crippen LogP contribution in [0, 0.1) is 11.7 Å². The van der Waals surface area contributed by atoms with Gasteiger partial charge in [0.25, 0.3) is 0 Å². The molecular weight excluding hydrogens is 342 g/mol. The van der Waals surface area contributed by atoms with Crippen molar-refractivity contribution >= 4 is 6.29 Å². The van der Waals surface area contributed by atoms with Gasteiger partial charge in [-0.1, -0.05) is 26.0 Å². The molecule has 0 aromatic heterocycles. The molecule has 0 saturated heterocycles. The fraction of sp³-hybridized carbons (Fsp3) is 0.533. The number of ether oxygens (including phenoxy) is 1. The summed E-state index contributed by atoms with van der Waals surface area (Å²) in [6.45, 7) is 2.44. The molecule has 0 heterocycles. The number of aliphatic hydroxyl groups is 1. The molecule has 0 aliphatic carbocycles. The lowest BCUT2D eigenvalue weighted by atomic mass is 9.72. The molecule has 9 heteroatoms. The van der Waals surface area contributed by atoms with Crippen molar-refractivity contribution in [3.05, 3.63) is 29.6 Å². The molecule has 1 rings (SSSR count). The molecule has 3 nitrogen and oxygen atoms in total. The number of para-hydroxylation sites is 1. The van der Waals surface area contributed by atoms with E-state index in [0.717, 1.165) is 25.3 Å². The van der Waals surface area contributed by atoms with Crippen LogP contribution in [-0.2, 0) is 4.79 Å². The van der Waals surface area contributed by atoms with Crippen molar-refractivity contribution in [2.45, 2.75) is 37.5 Å². The van der Waals surface area contributed by atoms with Gasteiger partial charge in [0.05, 0.1) is 7.11 Å². The van der Waals surface area contributed by atoms with E-state index in [4.69, 9.17) is 4.74 Å². The summed E-state index contributed by atoms with van der Waals surface area (Å²) >= 11 is 0. The van der Waals surface area contributed by atoms with Crippen LogP contribution in [0.1, 0.15) is 25.3 Å². The van der Waals surface area contributed by atoms with E-state index in [2.05, 4.69) is 0 Å². The SMILES string of the molecule is COc1c(F)cccc1C(C(C)C)C(O)(C=O)C(F)(F)C(F)(F)F. The van der Waals surface area contributed by atoms with Crippen molar-refractivity contribution in [1.82, 2.24) is 0 Å². The summed E-state index contributed by atoms with van der Waals surface area (Å²) in [5.41, 5.74) is -4.61. The number of hydrogen-bond acceptors (Lipinski definition) is 3. The molecule has 136 valence electrons. The summed E-state index contributed by atoms with van der Waals surface area (Å²) in [6, 6.07) is 2.98. The highest BCUT2D eigenvalue weighted by Gasteiger charge is 2.73. The largest absolute Gasteiger partial charge is 0.493 e. The maximum Gasteiger partial charge on any atom is 0.456 e. The van der Waals surface area contributed by atoms with Crippen LogP contribution in [0.5, 0.6) is 5.75 Å². The Balaban J connectivity index is 3.71. The predicted octanol–water partition coefficient (Wildman–Crippen LogP) is 3.70. The number of halogens is 6. The number of aldehydes is 1. The van der Waals surface area contributed by atoms with Gasteiger partial charge < -0.3 is 9.84 Å². The van der Waals surface area contributed by atoms with E-state index in [0.29, 0.717) is 0 Å². The Labute approximate surface area is 134 Å². The van der Waals surface area contributed by atoms with Gasteiger partial charge in [-0.05, 0) is 12.0 Å². The maximum absolute atomic E-state index is 13.9. The minimum absolute atomic E-state index is 0.467. The van der Waals surface area contributed by atoms with Gasteiger partial charge in [-0.3, -0.25) is 4.79 Å². The van der Waals surface area contributed by atoms with Crippen molar-refractivity contribution < 1.29 is 41.0 Å². The topological polar surface area (TPSA) is 46.5 Å². The number of rotatable bonds is 6. The first-order chi connectivity index (χ1) is 10.8. The van der Waals surface area contributed by atoms with Crippen molar-refractivity contribution in [2.24, 2.45) is 5.92 Å². The van der Waals surface area contributed by atoms with Crippen LogP contribution in [0.2, 0.25) is 0 Å². The zero-order chi connectivity index (χ0) is 18.9. The Bertz CT molecular complexity index is 599. The van der Waals surface area contributed by atoms with Crippen molar-refractivity contribution in [3.63, 3.8) is 0 Å². The van der Waals surface area contributed by atoms with Gasteiger partial charge in [0.1, 0.15) is 0 Å². The van der Waals surface area contributed by atoms with Crippen molar-refractivity contribution in [3.8, 4) is 5.75 Å². The zero-order valence-corrected chi connectivity index (χ0v) is 13.0. The summed E-state index contributed by atoms with van der Waals surface area (Å²) in [5, 5.41) is 10.1. The highest BCUT2D eigenvalue weighted by Crippen LogP contribution is 2.52. The summed E-state index contributed by atoms with van der Waals surface area (Å²) in [7, 11) is 0.987. The van der Waals surface area contributed by atoms with E-state index in [1.807, 2.05) is 0 Å². The molecule has 2 atom stereocenters. The molecule has 0 amide bonds. The Morgan fingerprint density at radius 3 is 2.08 bits per heavy atom. The average molecular weight is 358 g/mol. The average Bonchev–Trinajstić information content (AvgIpc) is 2.45. The third-order valence-electron chi connectivity index (χ3n) is 3.72. The second-order valence-electron chi connectivity index (χ2n) is 5.60. The number of carbonyl (C=O) groups excluding carboxylic acids is 1. The van der Waals surface area contributed by atoms with Gasteiger partial charge in [-0.15, -0.1) is 0 Å². The molecule has 0 aliphatic rings. The molecule has 0 spiro atoms. The highest BCUT2D eigenvalue weighted by atomic mass is 19.4. The molecule has 0 aliphatic heterocycles. The molecule has 1 aromatic rings. The first-order valence-electron chi connectivity index (χ1n) is 6.80. The van der Waals surface area contributed by atoms with Crippen molar-refractivity contribution in [1.29, 1.82) is 0 Å². The minimum Gasteiger partial charge on any atom is -0.493 e. The molecular formula is C15H16F6O3. The van der Waals surface area contributed by atoms with Crippen LogP contribution in [0.4, 0.5) is 26.3 Å². The van der Waals surface area contributed by atoms with Crippen LogP contribution in [0.3, 0.4) is 0 Å². The fourth-order valence-electron chi connectivity index (χ4n) is 2.66. The lowest BCUT2D eigenvalue weighted by Crippen LogP contribution is -2.62. The molecule has 1 N–H and O–H groups in total. The van der Waals surface area contributed by atoms with E-state index < -0.39 is 53.0 Å². The van der Waals surface area contributed by atoms with Gasteiger partial charge in [0, 0.05) is 11.5 Å². The second kappa shape index (κ2) is 6.62. The van der Waals surface area contributed by atoms with Crippen LogP contribution in [0.25, 0.3) is 0 Å². The number of hydrogen-bond donors (Lipinski definition) is 1. The Hall–Kier alpha value is -1.77. The first kappa shape index (κ1) is 20.3. The first-order valence-corrected chi connectivity index (χ1v) is 6.80. The second-order valence-corrected chi connectivity index (χ2v) is 5.60. The maximum atomic E-state index is 13.9. The van der Waals surface area contributed by atoms with Crippen LogP contribution < -0.4 is 4.74 Å². The van der Waals surface area contributed by atoms with Crippen molar-refractivity contribution in [2.75, 3.05) is 7.11 Å². The number of methoxy groups -OCH3 is 1. The monoisotopic (exact) mass is 358 g/mol. The van der Waals surface area contributed by atoms with E-state index >= 15 is 0 Å². The van der Waals surface area contributed by atoms with E-state index in [1.54, 1.807) is 0 Å². The van der Waals surface area contributed by atoms with E-state index in [1.165, 1.54) is 13.8 Å². The van der Waals surface area contributed by atoms with E-state index in [-0.39, 0.29) is 0 Å². The lowest BCUT2D eigenvalue weighted by Gasteiger charge is -2.40. The standard InChI is InChI=1S/C15H16F6O3/c1-8(2)11(9-5-4-6-10(16)12(9)24-3)13(23,7-22)14(17,18)15(19,20)21/h4-8,11,23H,1-3H3. The third kappa shape index (κ3) is 3.09. The predicted molar refractivity (Wildman–Crippen MR) is 72.5 cm³/mol. The van der Waals surface area contributed by atoms with Crippen LogP contribution in [0.15, 0.2) is 18.2 Å². The Morgan fingerprint density at radius 2 is 1.71 bits per heavy atom. The zero-order valence-electron chi connectivity index (χ0n) is 13.0. The highest BCUT2D eigenvalue weighted by molar-refractivity contribution is 5.68. The van der Waals surface area contributed by atoms with Gasteiger partial charge in [0.15, 0.2) is 23.5 Å². The number of carbonyl (C=O) groups is 1. The van der Waals surface area contributed by atoms with E-state index in [9.17, 15) is 36.2 Å². The molecule has 24 heavy (non-hydrogen) atoms. The van der Waals surface area contributed by atoms with Gasteiger partial charge in [-0.25, -0.2) is 4.39 Å². The Kier molecular flexibility index (Phi) is 5.59. The molecule has 2 unspecified atom stereocenters. The third-order valence-corrected chi connectivity index (χ3v) is 3.72. The minimum atomic E-state index is -6.18. The van der Waals surface area contributed by atoms with Gasteiger partial charge >= 0.3 is 12.1 Å². The number of benzene rings is 1. The normalized spacial score (nSPS) is 16.6. The summed E-state index contributed by atoms with van der Waals surface area (Å²) in [6.07, 6.45) is -7.04. The molecule has 0 bridgehead atoms. The smallest absolute Gasteiger partial charge is 0.456 e. The molecule has 0 radical (unpaired) electrons. The number of alkyl halides is 5. The molecule has 1 aromatic carbocycles. The molecule has 0 saturated carbocycles.